The standard InChI is InChI=1S/C14H17ClN2O3/c15-9-14(19)17(7-5-13(16)18)11-6-8-20-12-4-2-1-3-10(11)12/h1-4,11H,5-9H2,(H2,16,18). The second-order valence-electron chi connectivity index (χ2n) is 4.63. The molecule has 1 aromatic carbocycles. The quantitative estimate of drug-likeness (QED) is 0.836. The van der Waals surface area contributed by atoms with E-state index < -0.39 is 5.91 Å². The van der Waals surface area contributed by atoms with Crippen molar-refractivity contribution >= 4 is 23.4 Å². The third kappa shape index (κ3) is 3.22. The number of primary amides is 1. The Hall–Kier alpha value is -1.75. The number of hydrogen-bond acceptors (Lipinski definition) is 3. The van der Waals surface area contributed by atoms with Crippen LogP contribution in [0.15, 0.2) is 24.3 Å². The third-order valence-corrected chi connectivity index (χ3v) is 3.57. The fourth-order valence-electron chi connectivity index (χ4n) is 2.41. The molecule has 1 atom stereocenters. The average Bonchev–Trinajstić information content (AvgIpc) is 2.47. The summed E-state index contributed by atoms with van der Waals surface area (Å²) in [5.41, 5.74) is 6.12. The molecule has 6 heteroatoms. The van der Waals surface area contributed by atoms with Crippen molar-refractivity contribution in [3.63, 3.8) is 0 Å². The monoisotopic (exact) mass is 296 g/mol. The first-order valence-corrected chi connectivity index (χ1v) is 7.02. The largest absolute Gasteiger partial charge is 0.493 e. The van der Waals surface area contributed by atoms with E-state index in [1.807, 2.05) is 24.3 Å². The summed E-state index contributed by atoms with van der Waals surface area (Å²) in [5, 5.41) is 0. The van der Waals surface area contributed by atoms with E-state index in [-0.39, 0.29) is 30.8 Å². The molecule has 1 heterocycles. The molecular weight excluding hydrogens is 280 g/mol. The molecule has 108 valence electrons. The summed E-state index contributed by atoms with van der Waals surface area (Å²) < 4.78 is 5.58. The summed E-state index contributed by atoms with van der Waals surface area (Å²) in [6, 6.07) is 7.47. The summed E-state index contributed by atoms with van der Waals surface area (Å²) in [5.74, 6) is 0.0284. The van der Waals surface area contributed by atoms with Gasteiger partial charge in [-0.2, -0.15) is 0 Å². The molecule has 20 heavy (non-hydrogen) atoms. The Bertz CT molecular complexity index is 507. The number of benzene rings is 1. The molecule has 2 rings (SSSR count). The first-order valence-electron chi connectivity index (χ1n) is 6.49. The molecule has 5 nitrogen and oxygen atoms in total. The van der Waals surface area contributed by atoms with Gasteiger partial charge in [-0.15, -0.1) is 11.6 Å². The summed E-state index contributed by atoms with van der Waals surface area (Å²) in [6.45, 7) is 0.810. The molecule has 0 aromatic heterocycles. The van der Waals surface area contributed by atoms with E-state index in [0.29, 0.717) is 13.0 Å². The van der Waals surface area contributed by atoms with Gasteiger partial charge in [-0.1, -0.05) is 18.2 Å². The molecule has 0 bridgehead atoms. The summed E-state index contributed by atoms with van der Waals surface area (Å²) in [4.78, 5) is 24.6. The minimum absolute atomic E-state index is 0.113. The molecule has 1 aromatic rings. The Labute approximate surface area is 122 Å². The molecule has 1 aliphatic rings. The van der Waals surface area contributed by atoms with Crippen LogP contribution in [0.1, 0.15) is 24.4 Å². The molecule has 1 unspecified atom stereocenters. The van der Waals surface area contributed by atoms with Crippen LogP contribution in [-0.4, -0.2) is 35.7 Å². The number of fused-ring (bicyclic) bond motifs is 1. The predicted molar refractivity (Wildman–Crippen MR) is 75.5 cm³/mol. The van der Waals surface area contributed by atoms with Gasteiger partial charge in [0.1, 0.15) is 11.6 Å². The molecule has 0 spiro atoms. The zero-order chi connectivity index (χ0) is 14.5. The highest BCUT2D eigenvalue weighted by Gasteiger charge is 2.29. The van der Waals surface area contributed by atoms with Crippen molar-refractivity contribution in [2.45, 2.75) is 18.9 Å². The Kier molecular flexibility index (Phi) is 4.84. The van der Waals surface area contributed by atoms with Crippen molar-refractivity contribution in [2.75, 3.05) is 19.0 Å². The summed E-state index contributed by atoms with van der Waals surface area (Å²) in [6.07, 6.45) is 0.806. The van der Waals surface area contributed by atoms with Gasteiger partial charge < -0.3 is 15.4 Å². The Balaban J connectivity index is 2.25. The summed E-state index contributed by atoms with van der Waals surface area (Å²) in [7, 11) is 0. The number of para-hydroxylation sites is 1. The fraction of sp³-hybridized carbons (Fsp3) is 0.429. The van der Waals surface area contributed by atoms with Crippen LogP contribution < -0.4 is 10.5 Å². The van der Waals surface area contributed by atoms with Crippen molar-refractivity contribution in [1.82, 2.24) is 4.90 Å². The number of ether oxygens (including phenoxy) is 1. The second-order valence-corrected chi connectivity index (χ2v) is 4.90. The van der Waals surface area contributed by atoms with E-state index in [1.165, 1.54) is 0 Å². The molecule has 0 saturated heterocycles. The van der Waals surface area contributed by atoms with Crippen LogP contribution in [0.2, 0.25) is 0 Å². The molecule has 0 aliphatic carbocycles. The van der Waals surface area contributed by atoms with Crippen LogP contribution in [0.4, 0.5) is 0 Å². The minimum atomic E-state index is -0.433. The number of rotatable bonds is 5. The maximum Gasteiger partial charge on any atom is 0.238 e. The highest BCUT2D eigenvalue weighted by molar-refractivity contribution is 6.27. The van der Waals surface area contributed by atoms with Gasteiger partial charge in [0.25, 0.3) is 0 Å². The maximum absolute atomic E-state index is 12.0. The highest BCUT2D eigenvalue weighted by atomic mass is 35.5. The van der Waals surface area contributed by atoms with Crippen molar-refractivity contribution in [2.24, 2.45) is 5.73 Å². The number of alkyl halides is 1. The van der Waals surface area contributed by atoms with Gasteiger partial charge in [-0.3, -0.25) is 9.59 Å². The average molecular weight is 297 g/mol. The zero-order valence-corrected chi connectivity index (χ0v) is 11.8. The van der Waals surface area contributed by atoms with Crippen LogP contribution in [-0.2, 0) is 9.59 Å². The molecule has 1 aliphatic heterocycles. The normalized spacial score (nSPS) is 16.9. The topological polar surface area (TPSA) is 72.6 Å². The van der Waals surface area contributed by atoms with Crippen LogP contribution in [0.25, 0.3) is 0 Å². The van der Waals surface area contributed by atoms with Crippen LogP contribution in [0.5, 0.6) is 5.75 Å². The number of nitrogens with zero attached hydrogens (tertiary/aromatic N) is 1. The predicted octanol–water partition coefficient (Wildman–Crippen LogP) is 1.45. The van der Waals surface area contributed by atoms with Crippen molar-refractivity contribution in [1.29, 1.82) is 0 Å². The molecule has 2 N–H and O–H groups in total. The molecule has 0 radical (unpaired) electrons. The van der Waals surface area contributed by atoms with Crippen molar-refractivity contribution < 1.29 is 14.3 Å². The number of amides is 2. The Morgan fingerprint density at radius 1 is 1.40 bits per heavy atom. The van der Waals surface area contributed by atoms with Crippen molar-refractivity contribution in [3.8, 4) is 5.75 Å². The molecule has 0 fully saturated rings. The lowest BCUT2D eigenvalue weighted by Gasteiger charge is -2.35. The van der Waals surface area contributed by atoms with Crippen LogP contribution in [0, 0.1) is 0 Å². The van der Waals surface area contributed by atoms with Gasteiger partial charge in [0.05, 0.1) is 12.6 Å². The second kappa shape index (κ2) is 6.61. The third-order valence-electron chi connectivity index (χ3n) is 3.34. The van der Waals surface area contributed by atoms with Gasteiger partial charge in [0.15, 0.2) is 0 Å². The van der Waals surface area contributed by atoms with E-state index in [2.05, 4.69) is 0 Å². The van der Waals surface area contributed by atoms with Crippen LogP contribution >= 0.6 is 11.6 Å². The van der Waals surface area contributed by atoms with E-state index in [0.717, 1.165) is 11.3 Å². The van der Waals surface area contributed by atoms with Gasteiger partial charge in [0.2, 0.25) is 11.8 Å². The van der Waals surface area contributed by atoms with E-state index >= 15 is 0 Å². The number of nitrogens with two attached hydrogens (primary N) is 1. The minimum Gasteiger partial charge on any atom is -0.493 e. The Morgan fingerprint density at radius 3 is 2.85 bits per heavy atom. The molecule has 0 saturated carbocycles. The van der Waals surface area contributed by atoms with Gasteiger partial charge in [0, 0.05) is 24.9 Å². The van der Waals surface area contributed by atoms with E-state index in [4.69, 9.17) is 22.1 Å². The lowest BCUT2D eigenvalue weighted by Crippen LogP contribution is -2.40. The molecular formula is C14H17ClN2O3. The van der Waals surface area contributed by atoms with Gasteiger partial charge in [-0.25, -0.2) is 0 Å². The Morgan fingerprint density at radius 2 is 2.15 bits per heavy atom. The lowest BCUT2D eigenvalue weighted by atomic mass is 9.98. The number of halogens is 1. The first kappa shape index (κ1) is 14.7. The lowest BCUT2D eigenvalue weighted by molar-refractivity contribution is -0.132. The van der Waals surface area contributed by atoms with E-state index in [9.17, 15) is 9.59 Å². The number of hydrogen-bond donors (Lipinski definition) is 1. The zero-order valence-electron chi connectivity index (χ0n) is 11.0. The van der Waals surface area contributed by atoms with E-state index in [1.54, 1.807) is 4.90 Å². The maximum atomic E-state index is 12.0. The number of carbonyl (C=O) groups is 2. The fourth-order valence-corrected chi connectivity index (χ4v) is 2.56. The first-order chi connectivity index (χ1) is 9.63. The van der Waals surface area contributed by atoms with Gasteiger partial charge >= 0.3 is 0 Å². The highest BCUT2D eigenvalue weighted by Crippen LogP contribution is 2.35. The molecule has 2 amide bonds. The van der Waals surface area contributed by atoms with Gasteiger partial charge in [-0.05, 0) is 6.07 Å². The van der Waals surface area contributed by atoms with Crippen LogP contribution in [0.3, 0.4) is 0 Å². The van der Waals surface area contributed by atoms with Crippen molar-refractivity contribution in [3.05, 3.63) is 29.8 Å². The number of carbonyl (C=O) groups excluding carboxylic acids is 2. The SMILES string of the molecule is NC(=O)CCN(C(=O)CCl)C1CCOc2ccccc21. The summed E-state index contributed by atoms with van der Waals surface area (Å²) >= 11 is 5.67. The smallest absolute Gasteiger partial charge is 0.238 e.